The maximum atomic E-state index is 12.9. The molecule has 6 heteroatoms. The lowest BCUT2D eigenvalue weighted by atomic mass is 10.0. The van der Waals surface area contributed by atoms with Crippen LogP contribution in [0.1, 0.15) is 310 Å². The zero-order chi connectivity index (χ0) is 56.4. The van der Waals surface area contributed by atoms with Crippen LogP contribution in [0.2, 0.25) is 0 Å². The predicted octanol–water partition coefficient (Wildman–Crippen LogP) is 22.6. The van der Waals surface area contributed by atoms with Crippen molar-refractivity contribution in [2.75, 3.05) is 13.2 Å². The summed E-state index contributed by atoms with van der Waals surface area (Å²) in [6.07, 6.45) is 89.7. The molecule has 6 nitrogen and oxygen atoms in total. The first kappa shape index (κ1) is 74.1. The number of rotatable bonds is 59. The van der Waals surface area contributed by atoms with Gasteiger partial charge in [-0.25, -0.2) is 0 Å². The van der Waals surface area contributed by atoms with Gasteiger partial charge >= 0.3 is 17.9 Å². The van der Waals surface area contributed by atoms with E-state index in [-0.39, 0.29) is 31.1 Å². The zero-order valence-corrected chi connectivity index (χ0v) is 51.2. The summed E-state index contributed by atoms with van der Waals surface area (Å²) >= 11 is 0. The smallest absolute Gasteiger partial charge is 0.306 e. The fourth-order valence-corrected chi connectivity index (χ4v) is 9.07. The molecule has 0 N–H and O–H groups in total. The van der Waals surface area contributed by atoms with E-state index >= 15 is 0 Å². The van der Waals surface area contributed by atoms with Crippen LogP contribution in [0.4, 0.5) is 0 Å². The highest BCUT2D eigenvalue weighted by atomic mass is 16.6. The maximum absolute atomic E-state index is 12.9. The fraction of sp³-hybridized carbons (Fsp3) is 0.708. The SMILES string of the molecule is CC/C=C\C/C=C\C/C=C\C/C=C\C/C=C\C/C=C\CCCCCCCCCCCCCCCCC(=O)OCC(COC(=O)CCCCCCC/C=C\CCC)OC(=O)CCCCCCCCC/C=C\C/C=C\CCCCC. The summed E-state index contributed by atoms with van der Waals surface area (Å²) in [4.78, 5) is 38.2. The molecule has 0 aliphatic heterocycles. The van der Waals surface area contributed by atoms with Crippen molar-refractivity contribution in [1.29, 1.82) is 0 Å². The van der Waals surface area contributed by atoms with E-state index in [0.29, 0.717) is 19.3 Å². The van der Waals surface area contributed by atoms with Gasteiger partial charge in [0.25, 0.3) is 0 Å². The molecule has 0 bridgehead atoms. The van der Waals surface area contributed by atoms with Crippen LogP contribution in [0.15, 0.2) is 109 Å². The molecular weight excluding hydrogens is 961 g/mol. The predicted molar refractivity (Wildman–Crippen MR) is 339 cm³/mol. The summed E-state index contributed by atoms with van der Waals surface area (Å²) in [7, 11) is 0. The summed E-state index contributed by atoms with van der Waals surface area (Å²) < 4.78 is 16.9. The summed E-state index contributed by atoms with van der Waals surface area (Å²) in [5.41, 5.74) is 0. The van der Waals surface area contributed by atoms with E-state index < -0.39 is 6.10 Å². The molecule has 0 aliphatic rings. The number of hydrogen-bond acceptors (Lipinski definition) is 6. The standard InChI is InChI=1S/C72H122O6/c1-4-7-10-13-16-19-22-24-26-28-29-30-31-32-33-34-35-36-37-38-39-40-41-42-43-45-46-48-50-53-56-59-62-65-71(74)77-68-69(67-76-70(73)64-61-58-55-52-21-18-15-12-9-6-3)78-72(75)66-63-60-57-54-51-49-47-44-27-25-23-20-17-14-11-8-5-2/h7,10,12,15-17,19-20,24-27,29-30,32-33,35-36,69H,4-6,8-9,11,13-14,18,21-23,28,31,34,37-68H2,1-3H3/b10-7-,15-12-,19-16-,20-17-,26-24-,27-25-,30-29-,33-32-,36-35-. The molecule has 446 valence electrons. The second-order valence-electron chi connectivity index (χ2n) is 21.6. The molecule has 0 aliphatic carbocycles. The van der Waals surface area contributed by atoms with Crippen molar-refractivity contribution in [3.63, 3.8) is 0 Å². The van der Waals surface area contributed by atoms with E-state index in [1.807, 2.05) is 0 Å². The molecular formula is C72H122O6. The molecule has 0 saturated carbocycles. The van der Waals surface area contributed by atoms with Crippen LogP contribution >= 0.6 is 0 Å². The van der Waals surface area contributed by atoms with Crippen LogP contribution in [0, 0.1) is 0 Å². The second-order valence-corrected chi connectivity index (χ2v) is 21.6. The van der Waals surface area contributed by atoms with Gasteiger partial charge in [0.15, 0.2) is 6.10 Å². The summed E-state index contributed by atoms with van der Waals surface area (Å²) in [5, 5.41) is 0. The highest BCUT2D eigenvalue weighted by Gasteiger charge is 2.19. The summed E-state index contributed by atoms with van der Waals surface area (Å²) in [6, 6.07) is 0. The van der Waals surface area contributed by atoms with Crippen LogP contribution in [-0.4, -0.2) is 37.2 Å². The van der Waals surface area contributed by atoms with E-state index in [2.05, 4.69) is 130 Å². The lowest BCUT2D eigenvalue weighted by Crippen LogP contribution is -2.30. The quantitative estimate of drug-likeness (QED) is 0.0261. The Morgan fingerprint density at radius 2 is 0.526 bits per heavy atom. The van der Waals surface area contributed by atoms with Gasteiger partial charge in [-0.2, -0.15) is 0 Å². The van der Waals surface area contributed by atoms with Crippen molar-refractivity contribution in [3.05, 3.63) is 109 Å². The van der Waals surface area contributed by atoms with Gasteiger partial charge in [-0.3, -0.25) is 14.4 Å². The molecule has 0 saturated heterocycles. The van der Waals surface area contributed by atoms with Crippen LogP contribution in [-0.2, 0) is 28.6 Å². The van der Waals surface area contributed by atoms with Crippen LogP contribution in [0.5, 0.6) is 0 Å². The number of carbonyl (C=O) groups excluding carboxylic acids is 3. The minimum atomic E-state index is -0.786. The average molecular weight is 1080 g/mol. The highest BCUT2D eigenvalue weighted by Crippen LogP contribution is 2.16. The van der Waals surface area contributed by atoms with E-state index in [4.69, 9.17) is 14.2 Å². The first-order valence-corrected chi connectivity index (χ1v) is 32.9. The lowest BCUT2D eigenvalue weighted by molar-refractivity contribution is -0.167. The van der Waals surface area contributed by atoms with Crippen molar-refractivity contribution >= 4 is 17.9 Å². The van der Waals surface area contributed by atoms with Gasteiger partial charge in [0, 0.05) is 19.3 Å². The number of allylic oxidation sites excluding steroid dienone is 18. The molecule has 0 aromatic carbocycles. The number of hydrogen-bond donors (Lipinski definition) is 0. The first-order chi connectivity index (χ1) is 38.5. The molecule has 1 unspecified atom stereocenters. The molecule has 0 aromatic heterocycles. The Kier molecular flexibility index (Phi) is 62.3. The molecule has 0 aromatic rings. The second kappa shape index (κ2) is 65.6. The van der Waals surface area contributed by atoms with Gasteiger partial charge in [0.2, 0.25) is 0 Å². The topological polar surface area (TPSA) is 78.9 Å². The molecule has 78 heavy (non-hydrogen) atoms. The summed E-state index contributed by atoms with van der Waals surface area (Å²) in [5.74, 6) is -0.895. The lowest BCUT2D eigenvalue weighted by Gasteiger charge is -2.18. The van der Waals surface area contributed by atoms with Gasteiger partial charge < -0.3 is 14.2 Å². The maximum Gasteiger partial charge on any atom is 0.306 e. The molecule has 0 amide bonds. The van der Waals surface area contributed by atoms with Crippen molar-refractivity contribution in [3.8, 4) is 0 Å². The van der Waals surface area contributed by atoms with Gasteiger partial charge in [0.1, 0.15) is 13.2 Å². The molecule has 0 spiro atoms. The Morgan fingerprint density at radius 1 is 0.269 bits per heavy atom. The monoisotopic (exact) mass is 1080 g/mol. The number of unbranched alkanes of at least 4 members (excludes halogenated alkanes) is 30. The first-order valence-electron chi connectivity index (χ1n) is 32.9. The van der Waals surface area contributed by atoms with Crippen LogP contribution < -0.4 is 0 Å². The van der Waals surface area contributed by atoms with Gasteiger partial charge in [-0.1, -0.05) is 278 Å². The van der Waals surface area contributed by atoms with Crippen LogP contribution in [0.25, 0.3) is 0 Å². The van der Waals surface area contributed by atoms with Gasteiger partial charge in [-0.05, 0) is 122 Å². The Bertz CT molecular complexity index is 1570. The van der Waals surface area contributed by atoms with E-state index in [1.54, 1.807) is 0 Å². The Morgan fingerprint density at radius 3 is 0.846 bits per heavy atom. The van der Waals surface area contributed by atoms with Crippen LogP contribution in [0.3, 0.4) is 0 Å². The largest absolute Gasteiger partial charge is 0.462 e. The minimum absolute atomic E-state index is 0.0828. The van der Waals surface area contributed by atoms with Gasteiger partial charge in [0.05, 0.1) is 0 Å². The Labute approximate surface area is 482 Å². The van der Waals surface area contributed by atoms with Crippen molar-refractivity contribution in [2.24, 2.45) is 0 Å². The third-order valence-electron chi connectivity index (χ3n) is 14.0. The normalized spacial score (nSPS) is 12.8. The van der Waals surface area contributed by atoms with Crippen molar-refractivity contribution in [2.45, 2.75) is 316 Å². The van der Waals surface area contributed by atoms with Crippen molar-refractivity contribution in [1.82, 2.24) is 0 Å². The minimum Gasteiger partial charge on any atom is -0.462 e. The zero-order valence-electron chi connectivity index (χ0n) is 51.2. The van der Waals surface area contributed by atoms with E-state index in [0.717, 1.165) is 122 Å². The molecule has 0 heterocycles. The molecule has 0 fully saturated rings. The average Bonchev–Trinajstić information content (AvgIpc) is 3.44. The number of esters is 3. The van der Waals surface area contributed by atoms with E-state index in [1.165, 1.54) is 148 Å². The molecule has 0 radical (unpaired) electrons. The number of ether oxygens (including phenoxy) is 3. The Balaban J connectivity index is 4.15. The Hall–Kier alpha value is -3.93. The third kappa shape index (κ3) is 62.9. The summed E-state index contributed by atoms with van der Waals surface area (Å²) in [6.45, 7) is 6.44. The molecule has 0 rings (SSSR count). The molecule has 1 atom stereocenters. The van der Waals surface area contributed by atoms with E-state index in [9.17, 15) is 14.4 Å². The number of carbonyl (C=O) groups is 3. The van der Waals surface area contributed by atoms with Gasteiger partial charge in [-0.15, -0.1) is 0 Å². The van der Waals surface area contributed by atoms with Crippen molar-refractivity contribution < 1.29 is 28.6 Å². The third-order valence-corrected chi connectivity index (χ3v) is 14.0. The highest BCUT2D eigenvalue weighted by molar-refractivity contribution is 5.71. The fourth-order valence-electron chi connectivity index (χ4n) is 9.07.